The maximum Gasteiger partial charge on any atom is 0.296 e. The highest BCUT2D eigenvalue weighted by Crippen LogP contribution is 2.26. The van der Waals surface area contributed by atoms with Gasteiger partial charge >= 0.3 is 0 Å². The lowest BCUT2D eigenvalue weighted by molar-refractivity contribution is -0.113. The van der Waals surface area contributed by atoms with Gasteiger partial charge in [-0.2, -0.15) is 4.52 Å². The Balaban J connectivity index is 1.45. The number of amides is 1. The van der Waals surface area contributed by atoms with E-state index in [1.165, 1.54) is 39.0 Å². The molecule has 0 atom stereocenters. The van der Waals surface area contributed by atoms with E-state index >= 15 is 0 Å². The number of benzene rings is 1. The highest BCUT2D eigenvalue weighted by molar-refractivity contribution is 8.01. The zero-order chi connectivity index (χ0) is 17.4. The molecule has 1 aromatic carbocycles. The zero-order valence-corrected chi connectivity index (χ0v) is 15.2. The van der Waals surface area contributed by atoms with E-state index in [4.69, 9.17) is 0 Å². The molecule has 3 heterocycles. The van der Waals surface area contributed by atoms with Gasteiger partial charge in [0.15, 0.2) is 9.47 Å². The average Bonchev–Trinajstić information content (AvgIpc) is 3.20. The number of anilines is 1. The summed E-state index contributed by atoms with van der Waals surface area (Å²) in [5, 5.41) is 15.2. The Morgan fingerprint density at radius 1 is 1.28 bits per heavy atom. The fourth-order valence-electron chi connectivity index (χ4n) is 2.04. The van der Waals surface area contributed by atoms with Crippen molar-refractivity contribution in [2.24, 2.45) is 0 Å². The molecule has 0 aliphatic carbocycles. The summed E-state index contributed by atoms with van der Waals surface area (Å²) in [5.74, 6) is -0.0189. The second-order valence-corrected chi connectivity index (χ2v) is 8.19. The Bertz CT molecular complexity index is 1120. The van der Waals surface area contributed by atoms with E-state index in [-0.39, 0.29) is 22.9 Å². The molecule has 1 N–H and O–H groups in total. The molecule has 25 heavy (non-hydrogen) atoms. The lowest BCUT2D eigenvalue weighted by atomic mass is 10.3. The van der Waals surface area contributed by atoms with E-state index in [1.54, 1.807) is 6.92 Å². The zero-order valence-electron chi connectivity index (χ0n) is 12.8. The van der Waals surface area contributed by atoms with Crippen LogP contribution in [0.15, 0.2) is 33.4 Å². The summed E-state index contributed by atoms with van der Waals surface area (Å²) in [7, 11) is 0. The van der Waals surface area contributed by atoms with Crippen molar-refractivity contribution in [1.29, 1.82) is 0 Å². The largest absolute Gasteiger partial charge is 0.301 e. The fraction of sp³-hybridized carbons (Fsp3) is 0.143. The van der Waals surface area contributed by atoms with Crippen LogP contribution in [0.4, 0.5) is 5.13 Å². The molecule has 1 amide bonds. The molecule has 0 unspecified atom stereocenters. The second-order valence-electron chi connectivity index (χ2n) is 4.98. The standard InChI is InChI=1S/C14H10N6O2S3/c1-7-11(22)20-13(18-17-7)25-14(19-20)23-6-10(21)16-12-15-8-4-2-3-5-9(8)24-12/h2-5H,6H2,1H3,(H,15,16,21). The fourth-order valence-corrected chi connectivity index (χ4v) is 4.60. The van der Waals surface area contributed by atoms with Crippen LogP contribution in [0.3, 0.4) is 0 Å². The first-order chi connectivity index (χ1) is 12.1. The van der Waals surface area contributed by atoms with E-state index < -0.39 is 0 Å². The third kappa shape index (κ3) is 3.25. The number of nitrogens with zero attached hydrogens (tertiary/aromatic N) is 5. The molecule has 11 heteroatoms. The Labute approximate surface area is 152 Å². The van der Waals surface area contributed by atoms with Gasteiger partial charge in [0.25, 0.3) is 5.56 Å². The summed E-state index contributed by atoms with van der Waals surface area (Å²) < 4.78 is 2.81. The number of rotatable bonds is 4. The van der Waals surface area contributed by atoms with Gasteiger partial charge in [0.2, 0.25) is 10.9 Å². The van der Waals surface area contributed by atoms with Crippen LogP contribution in [0.5, 0.6) is 0 Å². The maximum atomic E-state index is 12.1. The minimum Gasteiger partial charge on any atom is -0.301 e. The van der Waals surface area contributed by atoms with Gasteiger partial charge in [-0.05, 0) is 19.1 Å². The van der Waals surface area contributed by atoms with E-state index in [0.29, 0.717) is 14.4 Å². The van der Waals surface area contributed by atoms with E-state index in [9.17, 15) is 9.59 Å². The molecule has 0 spiro atoms. The van der Waals surface area contributed by atoms with Gasteiger partial charge in [-0.15, -0.1) is 15.3 Å². The lowest BCUT2D eigenvalue weighted by Crippen LogP contribution is -2.19. The van der Waals surface area contributed by atoms with Crippen molar-refractivity contribution >= 4 is 60.7 Å². The van der Waals surface area contributed by atoms with Gasteiger partial charge in [0.05, 0.1) is 16.0 Å². The molecule has 0 aliphatic rings. The Morgan fingerprint density at radius 2 is 2.12 bits per heavy atom. The SMILES string of the molecule is Cc1nnc2sc(SCC(=O)Nc3nc4ccccc4s3)nn2c1=O. The van der Waals surface area contributed by atoms with Gasteiger partial charge in [0.1, 0.15) is 5.69 Å². The number of carbonyl (C=O) groups is 1. The highest BCUT2D eigenvalue weighted by Gasteiger charge is 2.13. The normalized spacial score (nSPS) is 11.2. The predicted molar refractivity (Wildman–Crippen MR) is 98.6 cm³/mol. The highest BCUT2D eigenvalue weighted by atomic mass is 32.2. The minimum atomic E-state index is -0.299. The lowest BCUT2D eigenvalue weighted by Gasteiger charge is -1.98. The third-order valence-corrected chi connectivity index (χ3v) is 6.18. The van der Waals surface area contributed by atoms with Crippen LogP contribution in [0, 0.1) is 6.92 Å². The quantitative estimate of drug-likeness (QED) is 0.533. The first-order valence-corrected chi connectivity index (χ1v) is 9.73. The number of hydrogen-bond donors (Lipinski definition) is 1. The van der Waals surface area contributed by atoms with Gasteiger partial charge in [-0.1, -0.05) is 46.6 Å². The van der Waals surface area contributed by atoms with Gasteiger partial charge < -0.3 is 5.32 Å². The summed E-state index contributed by atoms with van der Waals surface area (Å²) in [5.41, 5.74) is 0.843. The minimum absolute atomic E-state index is 0.164. The maximum absolute atomic E-state index is 12.1. The molecule has 126 valence electrons. The smallest absolute Gasteiger partial charge is 0.296 e. The first kappa shape index (κ1) is 16.1. The van der Waals surface area contributed by atoms with Crippen LogP contribution in [0.25, 0.3) is 15.2 Å². The number of hydrogen-bond acceptors (Lipinski definition) is 9. The summed E-state index contributed by atoms with van der Waals surface area (Å²) in [6, 6.07) is 7.70. The Hall–Kier alpha value is -2.37. The summed E-state index contributed by atoms with van der Waals surface area (Å²) >= 11 is 3.89. The monoisotopic (exact) mass is 390 g/mol. The van der Waals surface area contributed by atoms with Crippen molar-refractivity contribution in [3.8, 4) is 0 Å². The molecule has 0 aliphatic heterocycles. The number of carbonyl (C=O) groups excluding carboxylic acids is 1. The summed E-state index contributed by atoms with van der Waals surface area (Å²) in [6.07, 6.45) is 0. The van der Waals surface area contributed by atoms with Crippen molar-refractivity contribution in [3.63, 3.8) is 0 Å². The number of para-hydroxylation sites is 1. The first-order valence-electron chi connectivity index (χ1n) is 7.11. The molecule has 4 rings (SSSR count). The molecule has 0 bridgehead atoms. The van der Waals surface area contributed by atoms with Crippen molar-refractivity contribution in [2.45, 2.75) is 11.3 Å². The van der Waals surface area contributed by atoms with Crippen LogP contribution in [-0.4, -0.2) is 36.5 Å². The molecular weight excluding hydrogens is 380 g/mol. The van der Waals surface area contributed by atoms with Crippen molar-refractivity contribution in [2.75, 3.05) is 11.1 Å². The molecule has 3 aromatic heterocycles. The number of aromatic nitrogens is 5. The van der Waals surface area contributed by atoms with Crippen LogP contribution < -0.4 is 10.9 Å². The van der Waals surface area contributed by atoms with Gasteiger partial charge in [-0.25, -0.2) is 4.98 Å². The van der Waals surface area contributed by atoms with Crippen molar-refractivity contribution < 1.29 is 4.79 Å². The van der Waals surface area contributed by atoms with Crippen LogP contribution in [0.1, 0.15) is 5.69 Å². The van der Waals surface area contributed by atoms with E-state index in [1.807, 2.05) is 24.3 Å². The number of fused-ring (bicyclic) bond motifs is 2. The predicted octanol–water partition coefficient (Wildman–Crippen LogP) is 2.19. The number of nitrogens with one attached hydrogen (secondary N) is 1. The molecule has 0 saturated heterocycles. The third-order valence-electron chi connectivity index (χ3n) is 3.20. The van der Waals surface area contributed by atoms with Gasteiger partial charge in [0, 0.05) is 0 Å². The molecule has 4 aromatic rings. The van der Waals surface area contributed by atoms with E-state index in [2.05, 4.69) is 25.6 Å². The van der Waals surface area contributed by atoms with Crippen LogP contribution in [0.2, 0.25) is 0 Å². The van der Waals surface area contributed by atoms with Crippen molar-refractivity contribution in [3.05, 3.63) is 40.3 Å². The molecule has 8 nitrogen and oxygen atoms in total. The average molecular weight is 390 g/mol. The molecule has 0 saturated carbocycles. The topological polar surface area (TPSA) is 102 Å². The van der Waals surface area contributed by atoms with Crippen LogP contribution >= 0.6 is 34.4 Å². The number of thioether (sulfide) groups is 1. The second kappa shape index (κ2) is 6.50. The summed E-state index contributed by atoms with van der Waals surface area (Å²) in [6.45, 7) is 1.58. The van der Waals surface area contributed by atoms with Gasteiger partial charge in [-0.3, -0.25) is 9.59 Å². The Morgan fingerprint density at radius 3 is 2.96 bits per heavy atom. The number of aryl methyl sites for hydroxylation is 1. The Kier molecular flexibility index (Phi) is 4.19. The van der Waals surface area contributed by atoms with E-state index in [0.717, 1.165) is 10.2 Å². The van der Waals surface area contributed by atoms with Crippen molar-refractivity contribution in [1.82, 2.24) is 24.8 Å². The molecule has 0 radical (unpaired) electrons. The number of thiazole rings is 1. The summed E-state index contributed by atoms with van der Waals surface area (Å²) in [4.78, 5) is 28.8. The van der Waals surface area contributed by atoms with Crippen LogP contribution in [-0.2, 0) is 4.79 Å². The molecule has 0 fully saturated rings. The molecular formula is C14H10N6O2S3.